The molecule has 0 saturated heterocycles. The first-order valence-corrected chi connectivity index (χ1v) is 5.61. The maximum atomic E-state index is 10.0. The lowest BCUT2D eigenvalue weighted by atomic mass is 10.0. The number of benzene rings is 2. The summed E-state index contributed by atoms with van der Waals surface area (Å²) in [5.41, 5.74) is 1.98. The zero-order chi connectivity index (χ0) is 11.4. The molecule has 2 aromatic rings. The highest BCUT2D eigenvalue weighted by Gasteiger charge is 2.07. The van der Waals surface area contributed by atoms with Gasteiger partial charge in [0.15, 0.2) is 0 Å². The van der Waals surface area contributed by atoms with Crippen molar-refractivity contribution in [1.82, 2.24) is 0 Å². The Morgan fingerprint density at radius 1 is 1.00 bits per heavy atom. The molecule has 0 heterocycles. The molecule has 0 radical (unpaired) electrons. The van der Waals surface area contributed by atoms with Crippen LogP contribution in [0.1, 0.15) is 17.2 Å². The van der Waals surface area contributed by atoms with Crippen molar-refractivity contribution >= 4 is 11.6 Å². The Balaban J connectivity index is 2.11. The van der Waals surface area contributed by atoms with Crippen LogP contribution in [-0.4, -0.2) is 5.11 Å². The summed E-state index contributed by atoms with van der Waals surface area (Å²) < 4.78 is 0. The zero-order valence-corrected chi connectivity index (χ0v) is 9.56. The normalized spacial score (nSPS) is 12.4. The molecule has 2 rings (SSSR count). The van der Waals surface area contributed by atoms with Gasteiger partial charge >= 0.3 is 0 Å². The van der Waals surface area contributed by atoms with Gasteiger partial charge in [-0.1, -0.05) is 54.1 Å². The quantitative estimate of drug-likeness (QED) is 0.857. The van der Waals surface area contributed by atoms with Gasteiger partial charge in [-0.15, -0.1) is 0 Å². The Bertz CT molecular complexity index is 453. The molecule has 82 valence electrons. The molecule has 0 bridgehead atoms. The lowest BCUT2D eigenvalue weighted by Crippen LogP contribution is -2.01. The minimum absolute atomic E-state index is 0.473. The van der Waals surface area contributed by atoms with E-state index in [1.807, 2.05) is 54.6 Å². The van der Waals surface area contributed by atoms with E-state index < -0.39 is 6.10 Å². The summed E-state index contributed by atoms with van der Waals surface area (Å²) in [4.78, 5) is 0. The van der Waals surface area contributed by atoms with Gasteiger partial charge in [-0.05, 0) is 23.3 Å². The van der Waals surface area contributed by atoms with E-state index in [0.29, 0.717) is 11.4 Å². The Morgan fingerprint density at radius 3 is 2.44 bits per heavy atom. The molecule has 1 nitrogen and oxygen atoms in total. The van der Waals surface area contributed by atoms with Gasteiger partial charge < -0.3 is 5.11 Å². The molecule has 0 aliphatic heterocycles. The maximum absolute atomic E-state index is 10.0. The molecule has 0 saturated carbocycles. The summed E-state index contributed by atoms with van der Waals surface area (Å²) in [5, 5.41) is 10.7. The fourth-order valence-electron chi connectivity index (χ4n) is 1.68. The maximum Gasteiger partial charge on any atom is 0.0830 e. The van der Waals surface area contributed by atoms with Crippen molar-refractivity contribution in [2.75, 3.05) is 0 Å². The number of rotatable bonds is 3. The summed E-state index contributed by atoms with van der Waals surface area (Å²) in [7, 11) is 0. The van der Waals surface area contributed by atoms with Crippen molar-refractivity contribution in [3.8, 4) is 0 Å². The Kier molecular flexibility index (Phi) is 3.60. The van der Waals surface area contributed by atoms with Gasteiger partial charge in [0.2, 0.25) is 0 Å². The van der Waals surface area contributed by atoms with Crippen LogP contribution in [0.3, 0.4) is 0 Å². The van der Waals surface area contributed by atoms with Gasteiger partial charge in [0.1, 0.15) is 0 Å². The number of aliphatic hydroxyl groups excluding tert-OH is 1. The molecular weight excluding hydrogens is 220 g/mol. The fraction of sp³-hybridized carbons (Fsp3) is 0.143. The first-order valence-electron chi connectivity index (χ1n) is 5.23. The predicted molar refractivity (Wildman–Crippen MR) is 66.6 cm³/mol. The van der Waals surface area contributed by atoms with E-state index in [1.54, 1.807) is 0 Å². The lowest BCUT2D eigenvalue weighted by Gasteiger charge is -2.10. The van der Waals surface area contributed by atoms with E-state index in [-0.39, 0.29) is 0 Å². The van der Waals surface area contributed by atoms with Crippen LogP contribution in [0, 0.1) is 0 Å². The summed E-state index contributed by atoms with van der Waals surface area (Å²) >= 11 is 5.89. The van der Waals surface area contributed by atoms with Crippen molar-refractivity contribution in [2.24, 2.45) is 0 Å². The standard InChI is InChI=1S/C14H13ClO/c15-13-8-4-5-11(9-13)10-14(16)12-6-2-1-3-7-12/h1-9,14,16H,10H2. The molecule has 1 unspecified atom stereocenters. The third kappa shape index (κ3) is 2.84. The smallest absolute Gasteiger partial charge is 0.0830 e. The third-order valence-corrected chi connectivity index (χ3v) is 2.74. The molecule has 2 aromatic carbocycles. The lowest BCUT2D eigenvalue weighted by molar-refractivity contribution is 0.178. The summed E-state index contributed by atoms with van der Waals surface area (Å²) in [6.45, 7) is 0. The van der Waals surface area contributed by atoms with Crippen LogP contribution >= 0.6 is 11.6 Å². The van der Waals surface area contributed by atoms with Crippen LogP contribution in [0.5, 0.6) is 0 Å². The highest BCUT2D eigenvalue weighted by Crippen LogP contribution is 2.19. The third-order valence-electron chi connectivity index (χ3n) is 2.50. The Labute approximate surface area is 100 Å². The van der Waals surface area contributed by atoms with Crippen LogP contribution in [0.4, 0.5) is 0 Å². The van der Waals surface area contributed by atoms with Crippen LogP contribution < -0.4 is 0 Å². The molecule has 1 N–H and O–H groups in total. The van der Waals surface area contributed by atoms with Crippen molar-refractivity contribution < 1.29 is 5.11 Å². The van der Waals surface area contributed by atoms with Gasteiger partial charge in [-0.3, -0.25) is 0 Å². The van der Waals surface area contributed by atoms with Crippen molar-refractivity contribution in [1.29, 1.82) is 0 Å². The predicted octanol–water partition coefficient (Wildman–Crippen LogP) is 3.62. The average Bonchev–Trinajstić information content (AvgIpc) is 2.30. The molecule has 0 aromatic heterocycles. The number of halogens is 1. The van der Waals surface area contributed by atoms with E-state index in [1.165, 1.54) is 0 Å². The second-order valence-corrected chi connectivity index (χ2v) is 4.20. The molecule has 0 spiro atoms. The fourth-order valence-corrected chi connectivity index (χ4v) is 1.89. The molecule has 1 atom stereocenters. The number of hydrogen-bond acceptors (Lipinski definition) is 1. The second-order valence-electron chi connectivity index (χ2n) is 3.76. The van der Waals surface area contributed by atoms with E-state index in [4.69, 9.17) is 11.6 Å². The SMILES string of the molecule is OC(Cc1cccc(Cl)c1)c1ccccc1. The van der Waals surface area contributed by atoms with Crippen molar-refractivity contribution in [2.45, 2.75) is 12.5 Å². The Morgan fingerprint density at radius 2 is 1.75 bits per heavy atom. The minimum atomic E-state index is -0.473. The van der Waals surface area contributed by atoms with Gasteiger partial charge in [-0.25, -0.2) is 0 Å². The van der Waals surface area contributed by atoms with Crippen LogP contribution in [0.2, 0.25) is 5.02 Å². The van der Waals surface area contributed by atoms with E-state index >= 15 is 0 Å². The summed E-state index contributed by atoms with van der Waals surface area (Å²) in [5.74, 6) is 0. The molecule has 0 amide bonds. The van der Waals surface area contributed by atoms with Gasteiger partial charge in [0.25, 0.3) is 0 Å². The number of hydrogen-bond donors (Lipinski definition) is 1. The molecule has 0 aliphatic rings. The molecule has 0 aliphatic carbocycles. The van der Waals surface area contributed by atoms with Crippen molar-refractivity contribution in [3.63, 3.8) is 0 Å². The first kappa shape index (κ1) is 11.2. The van der Waals surface area contributed by atoms with Crippen LogP contribution in [-0.2, 0) is 6.42 Å². The number of aliphatic hydroxyl groups is 1. The second kappa shape index (κ2) is 5.15. The monoisotopic (exact) mass is 232 g/mol. The Hall–Kier alpha value is -1.31. The van der Waals surface area contributed by atoms with E-state index in [0.717, 1.165) is 11.1 Å². The summed E-state index contributed by atoms with van der Waals surface area (Å²) in [6, 6.07) is 17.2. The highest BCUT2D eigenvalue weighted by molar-refractivity contribution is 6.30. The van der Waals surface area contributed by atoms with Crippen LogP contribution in [0.15, 0.2) is 54.6 Å². The molecule has 16 heavy (non-hydrogen) atoms. The topological polar surface area (TPSA) is 20.2 Å². The summed E-state index contributed by atoms with van der Waals surface area (Å²) in [6.07, 6.45) is 0.115. The molecule has 0 fully saturated rings. The molecule has 2 heteroatoms. The van der Waals surface area contributed by atoms with Gasteiger partial charge in [0, 0.05) is 11.4 Å². The van der Waals surface area contributed by atoms with Gasteiger partial charge in [-0.2, -0.15) is 0 Å². The van der Waals surface area contributed by atoms with Gasteiger partial charge in [0.05, 0.1) is 6.10 Å². The molecular formula is C14H13ClO. The van der Waals surface area contributed by atoms with E-state index in [9.17, 15) is 5.11 Å². The van der Waals surface area contributed by atoms with E-state index in [2.05, 4.69) is 0 Å². The minimum Gasteiger partial charge on any atom is -0.388 e. The first-order chi connectivity index (χ1) is 7.75. The highest BCUT2D eigenvalue weighted by atomic mass is 35.5. The average molecular weight is 233 g/mol. The largest absolute Gasteiger partial charge is 0.388 e. The van der Waals surface area contributed by atoms with Crippen molar-refractivity contribution in [3.05, 3.63) is 70.7 Å². The zero-order valence-electron chi connectivity index (χ0n) is 8.81. The van der Waals surface area contributed by atoms with Crippen LogP contribution in [0.25, 0.3) is 0 Å².